The highest BCUT2D eigenvalue weighted by Crippen LogP contribution is 2.27. The number of nitrogens with one attached hydrogen (secondary N) is 1. The van der Waals surface area contributed by atoms with E-state index in [4.69, 9.17) is 9.47 Å². The van der Waals surface area contributed by atoms with Gasteiger partial charge in [0.25, 0.3) is 0 Å². The fraction of sp³-hybridized carbons (Fsp3) is 1.00. The highest BCUT2D eigenvalue weighted by atomic mass is 16.5. The van der Waals surface area contributed by atoms with Crippen molar-refractivity contribution in [3.05, 3.63) is 0 Å². The van der Waals surface area contributed by atoms with Gasteiger partial charge < -0.3 is 14.8 Å². The maximum atomic E-state index is 5.35. The Morgan fingerprint density at radius 1 is 1.29 bits per heavy atom. The van der Waals surface area contributed by atoms with Gasteiger partial charge in [-0.1, -0.05) is 20.3 Å². The van der Waals surface area contributed by atoms with E-state index in [-0.39, 0.29) is 0 Å². The Labute approximate surface area is 131 Å². The first-order chi connectivity index (χ1) is 10.0. The van der Waals surface area contributed by atoms with Crippen molar-refractivity contribution in [1.29, 1.82) is 0 Å². The Morgan fingerprint density at radius 2 is 2.00 bits per heavy atom. The standard InChI is InChI=1S/C17H36N2O2/c1-6-9-17(3,13-18-16-7-8-16)14-19(10-11-20-4)15(2)12-21-5/h15-16,18H,6-14H2,1-5H3. The van der Waals surface area contributed by atoms with E-state index >= 15 is 0 Å². The van der Waals surface area contributed by atoms with Crippen molar-refractivity contribution >= 4 is 0 Å². The molecule has 1 rings (SSSR count). The van der Waals surface area contributed by atoms with Crippen LogP contribution in [0.4, 0.5) is 0 Å². The van der Waals surface area contributed by atoms with Gasteiger partial charge in [0.15, 0.2) is 0 Å². The highest BCUT2D eigenvalue weighted by Gasteiger charge is 2.31. The maximum absolute atomic E-state index is 5.35. The van der Waals surface area contributed by atoms with E-state index < -0.39 is 0 Å². The van der Waals surface area contributed by atoms with Crippen LogP contribution in [0.5, 0.6) is 0 Å². The van der Waals surface area contributed by atoms with Gasteiger partial charge in [-0.05, 0) is 31.6 Å². The van der Waals surface area contributed by atoms with E-state index in [1.165, 1.54) is 25.7 Å². The fourth-order valence-corrected chi connectivity index (χ4v) is 3.01. The minimum absolute atomic E-state index is 0.326. The molecule has 0 spiro atoms. The van der Waals surface area contributed by atoms with Crippen LogP contribution in [0.1, 0.15) is 46.5 Å². The first-order valence-corrected chi connectivity index (χ1v) is 8.50. The maximum Gasteiger partial charge on any atom is 0.0615 e. The number of hydrogen-bond acceptors (Lipinski definition) is 4. The third-order valence-electron chi connectivity index (χ3n) is 4.45. The molecular formula is C17H36N2O2. The smallest absolute Gasteiger partial charge is 0.0615 e. The second-order valence-corrected chi connectivity index (χ2v) is 6.98. The third kappa shape index (κ3) is 7.59. The molecule has 0 aromatic heterocycles. The summed E-state index contributed by atoms with van der Waals surface area (Å²) in [5.74, 6) is 0. The lowest BCUT2D eigenvalue weighted by Crippen LogP contribution is -2.48. The molecule has 1 fully saturated rings. The zero-order chi connectivity index (χ0) is 15.7. The lowest BCUT2D eigenvalue weighted by atomic mass is 9.84. The lowest BCUT2D eigenvalue weighted by Gasteiger charge is -2.38. The lowest BCUT2D eigenvalue weighted by molar-refractivity contribution is 0.0443. The molecule has 4 heteroatoms. The summed E-state index contributed by atoms with van der Waals surface area (Å²) in [6.45, 7) is 11.7. The average Bonchev–Trinajstić information content (AvgIpc) is 3.26. The first kappa shape index (κ1) is 18.9. The Hall–Kier alpha value is -0.160. The van der Waals surface area contributed by atoms with Crippen LogP contribution in [-0.2, 0) is 9.47 Å². The van der Waals surface area contributed by atoms with Crippen molar-refractivity contribution in [3.63, 3.8) is 0 Å². The predicted molar refractivity (Wildman–Crippen MR) is 88.8 cm³/mol. The van der Waals surface area contributed by atoms with Crippen LogP contribution < -0.4 is 5.32 Å². The Morgan fingerprint density at radius 3 is 2.52 bits per heavy atom. The van der Waals surface area contributed by atoms with Gasteiger partial charge in [0.2, 0.25) is 0 Å². The van der Waals surface area contributed by atoms with Gasteiger partial charge in [-0.3, -0.25) is 4.90 Å². The number of rotatable bonds is 13. The van der Waals surface area contributed by atoms with Crippen LogP contribution in [0, 0.1) is 5.41 Å². The van der Waals surface area contributed by atoms with E-state index in [0.29, 0.717) is 11.5 Å². The fourth-order valence-electron chi connectivity index (χ4n) is 3.01. The predicted octanol–water partition coefficient (Wildman–Crippen LogP) is 2.53. The van der Waals surface area contributed by atoms with Gasteiger partial charge in [-0.15, -0.1) is 0 Å². The van der Waals surface area contributed by atoms with Crippen LogP contribution in [0.2, 0.25) is 0 Å². The van der Waals surface area contributed by atoms with E-state index in [1.54, 1.807) is 14.2 Å². The molecular weight excluding hydrogens is 264 g/mol. The highest BCUT2D eigenvalue weighted by molar-refractivity contribution is 4.88. The molecule has 1 aliphatic rings. The molecule has 0 aliphatic heterocycles. The monoisotopic (exact) mass is 300 g/mol. The van der Waals surface area contributed by atoms with Crippen LogP contribution in [0.15, 0.2) is 0 Å². The Kier molecular flexibility index (Phi) is 8.79. The Balaban J connectivity index is 2.58. The minimum atomic E-state index is 0.326. The summed E-state index contributed by atoms with van der Waals surface area (Å²) in [6, 6.07) is 1.22. The summed E-state index contributed by atoms with van der Waals surface area (Å²) in [7, 11) is 3.56. The summed E-state index contributed by atoms with van der Waals surface area (Å²) < 4.78 is 10.6. The average molecular weight is 300 g/mol. The van der Waals surface area contributed by atoms with Gasteiger partial charge in [-0.2, -0.15) is 0 Å². The molecule has 0 amide bonds. The van der Waals surface area contributed by atoms with Crippen molar-refractivity contribution in [3.8, 4) is 0 Å². The van der Waals surface area contributed by atoms with Crippen LogP contribution >= 0.6 is 0 Å². The molecule has 0 bridgehead atoms. The van der Waals surface area contributed by atoms with Gasteiger partial charge in [-0.25, -0.2) is 0 Å². The molecule has 0 aromatic rings. The quantitative estimate of drug-likeness (QED) is 0.567. The number of methoxy groups -OCH3 is 2. The first-order valence-electron chi connectivity index (χ1n) is 8.50. The third-order valence-corrected chi connectivity index (χ3v) is 4.45. The van der Waals surface area contributed by atoms with E-state index in [9.17, 15) is 0 Å². The zero-order valence-electron chi connectivity index (χ0n) is 14.8. The second kappa shape index (κ2) is 9.78. The van der Waals surface area contributed by atoms with E-state index in [0.717, 1.165) is 38.9 Å². The van der Waals surface area contributed by atoms with Crippen molar-refractivity contribution in [2.75, 3.05) is 47.1 Å². The van der Waals surface area contributed by atoms with Crippen molar-refractivity contribution in [2.45, 2.75) is 58.5 Å². The van der Waals surface area contributed by atoms with E-state index in [1.807, 2.05) is 0 Å². The van der Waals surface area contributed by atoms with Gasteiger partial charge in [0, 0.05) is 45.9 Å². The zero-order valence-corrected chi connectivity index (χ0v) is 14.8. The molecule has 126 valence electrons. The molecule has 0 saturated heterocycles. The van der Waals surface area contributed by atoms with Crippen LogP contribution in [-0.4, -0.2) is 64.1 Å². The molecule has 0 aromatic carbocycles. The molecule has 0 heterocycles. The van der Waals surface area contributed by atoms with E-state index in [2.05, 4.69) is 31.0 Å². The van der Waals surface area contributed by atoms with Crippen molar-refractivity contribution in [1.82, 2.24) is 10.2 Å². The molecule has 1 saturated carbocycles. The normalized spacial score (nSPS) is 19.7. The number of nitrogens with zero attached hydrogens (tertiary/aromatic N) is 1. The Bertz CT molecular complexity index is 272. The number of hydrogen-bond donors (Lipinski definition) is 1. The number of ether oxygens (including phenoxy) is 2. The summed E-state index contributed by atoms with van der Waals surface area (Å²) in [5, 5.41) is 3.73. The summed E-state index contributed by atoms with van der Waals surface area (Å²) in [6.07, 6.45) is 5.21. The van der Waals surface area contributed by atoms with Crippen molar-refractivity contribution in [2.24, 2.45) is 5.41 Å². The minimum Gasteiger partial charge on any atom is -0.383 e. The molecule has 2 atom stereocenters. The van der Waals surface area contributed by atoms with Crippen LogP contribution in [0.3, 0.4) is 0 Å². The van der Waals surface area contributed by atoms with Gasteiger partial charge in [0.05, 0.1) is 13.2 Å². The molecule has 2 unspecified atom stereocenters. The molecule has 1 aliphatic carbocycles. The largest absolute Gasteiger partial charge is 0.383 e. The topological polar surface area (TPSA) is 33.7 Å². The van der Waals surface area contributed by atoms with Crippen LogP contribution in [0.25, 0.3) is 0 Å². The summed E-state index contributed by atoms with van der Waals surface area (Å²) in [4.78, 5) is 2.53. The van der Waals surface area contributed by atoms with Gasteiger partial charge >= 0.3 is 0 Å². The molecule has 21 heavy (non-hydrogen) atoms. The SMILES string of the molecule is CCCC(C)(CNC1CC1)CN(CCOC)C(C)COC. The van der Waals surface area contributed by atoms with Crippen molar-refractivity contribution < 1.29 is 9.47 Å². The summed E-state index contributed by atoms with van der Waals surface area (Å²) in [5.41, 5.74) is 0.326. The van der Waals surface area contributed by atoms with Gasteiger partial charge in [0.1, 0.15) is 0 Å². The molecule has 4 nitrogen and oxygen atoms in total. The molecule has 1 N–H and O–H groups in total. The molecule has 0 radical (unpaired) electrons. The second-order valence-electron chi connectivity index (χ2n) is 6.98. The summed E-state index contributed by atoms with van der Waals surface area (Å²) >= 11 is 0.